The Bertz CT molecular complexity index is 1150. The van der Waals surface area contributed by atoms with Crippen LogP contribution in [0.1, 0.15) is 20.7 Å². The van der Waals surface area contributed by atoms with Crippen molar-refractivity contribution < 1.29 is 18.0 Å². The van der Waals surface area contributed by atoms with Gasteiger partial charge in [0.2, 0.25) is 0 Å². The minimum absolute atomic E-state index is 0.0619. The summed E-state index contributed by atoms with van der Waals surface area (Å²) in [5, 5.41) is 5.17. The van der Waals surface area contributed by atoms with Crippen molar-refractivity contribution in [1.29, 1.82) is 0 Å². The summed E-state index contributed by atoms with van der Waals surface area (Å²) in [4.78, 5) is 28.1. The molecule has 0 radical (unpaired) electrons. The molecule has 1 heterocycles. The van der Waals surface area contributed by atoms with Crippen molar-refractivity contribution in [2.24, 2.45) is 0 Å². The smallest absolute Gasteiger partial charge is 0.261 e. The monoisotopic (exact) mass is 410 g/mol. The first-order chi connectivity index (χ1) is 13.9. The summed E-state index contributed by atoms with van der Waals surface area (Å²) in [5.74, 6) is -0.784. The highest BCUT2D eigenvalue weighted by Gasteiger charge is 2.17. The van der Waals surface area contributed by atoms with Crippen LogP contribution in [-0.4, -0.2) is 32.3 Å². The van der Waals surface area contributed by atoms with Gasteiger partial charge in [0.25, 0.3) is 21.8 Å². The van der Waals surface area contributed by atoms with Crippen molar-refractivity contribution >= 4 is 33.2 Å². The molecule has 0 unspecified atom stereocenters. The van der Waals surface area contributed by atoms with Crippen LogP contribution in [0.5, 0.6) is 0 Å². The number of hydrogen-bond donors (Lipinski definition) is 3. The standard InChI is InChI=1S/C20H18N4O4S/c1-21-19(25)14-5-2-7-16(11-14)23-20(26)15-6-3-9-18(12-15)29(27,28)24-17-8-4-10-22-13-17/h2-13,24H,1H3,(H,21,25)(H,23,26). The number of aromatic nitrogens is 1. The molecule has 3 N–H and O–H groups in total. The predicted octanol–water partition coefficient (Wildman–Crippen LogP) is 2.49. The van der Waals surface area contributed by atoms with Crippen LogP contribution in [0.25, 0.3) is 0 Å². The molecule has 3 aromatic rings. The van der Waals surface area contributed by atoms with Gasteiger partial charge in [0.05, 0.1) is 16.8 Å². The largest absolute Gasteiger partial charge is 0.355 e. The van der Waals surface area contributed by atoms with E-state index in [-0.39, 0.29) is 16.4 Å². The number of amides is 2. The maximum absolute atomic E-state index is 12.6. The number of carbonyl (C=O) groups is 2. The SMILES string of the molecule is CNC(=O)c1cccc(NC(=O)c2cccc(S(=O)(=O)Nc3cccnc3)c2)c1. The maximum atomic E-state index is 12.6. The Morgan fingerprint density at radius 1 is 0.862 bits per heavy atom. The van der Waals surface area contributed by atoms with Crippen LogP contribution in [0.15, 0.2) is 78.0 Å². The number of nitrogens with zero attached hydrogens (tertiary/aromatic N) is 1. The van der Waals surface area contributed by atoms with E-state index in [0.717, 1.165) is 0 Å². The molecule has 0 atom stereocenters. The van der Waals surface area contributed by atoms with Gasteiger partial charge in [-0.1, -0.05) is 12.1 Å². The summed E-state index contributed by atoms with van der Waals surface area (Å²) in [6.07, 6.45) is 2.91. The van der Waals surface area contributed by atoms with Gasteiger partial charge in [-0.3, -0.25) is 19.3 Å². The molecule has 2 aromatic carbocycles. The van der Waals surface area contributed by atoms with E-state index in [1.54, 1.807) is 30.3 Å². The van der Waals surface area contributed by atoms with Crippen LogP contribution in [0.4, 0.5) is 11.4 Å². The molecular weight excluding hydrogens is 392 g/mol. The summed E-state index contributed by atoms with van der Waals surface area (Å²) in [7, 11) is -2.37. The molecule has 0 saturated carbocycles. The minimum Gasteiger partial charge on any atom is -0.355 e. The highest BCUT2D eigenvalue weighted by atomic mass is 32.2. The number of rotatable bonds is 6. The second-order valence-electron chi connectivity index (χ2n) is 5.99. The van der Waals surface area contributed by atoms with E-state index in [2.05, 4.69) is 20.3 Å². The van der Waals surface area contributed by atoms with E-state index < -0.39 is 15.9 Å². The van der Waals surface area contributed by atoms with E-state index >= 15 is 0 Å². The summed E-state index contributed by atoms with van der Waals surface area (Å²) in [6.45, 7) is 0. The van der Waals surface area contributed by atoms with Crippen molar-refractivity contribution in [2.45, 2.75) is 4.90 Å². The van der Waals surface area contributed by atoms with Gasteiger partial charge in [0, 0.05) is 30.1 Å². The predicted molar refractivity (Wildman–Crippen MR) is 109 cm³/mol. The molecule has 0 saturated heterocycles. The second-order valence-corrected chi connectivity index (χ2v) is 7.67. The lowest BCUT2D eigenvalue weighted by Crippen LogP contribution is -2.18. The Morgan fingerprint density at radius 3 is 2.24 bits per heavy atom. The lowest BCUT2D eigenvalue weighted by molar-refractivity contribution is 0.0961. The van der Waals surface area contributed by atoms with Crippen LogP contribution in [0.3, 0.4) is 0 Å². The Kier molecular flexibility index (Phi) is 5.89. The van der Waals surface area contributed by atoms with Gasteiger partial charge in [-0.2, -0.15) is 0 Å². The summed E-state index contributed by atoms with van der Waals surface area (Å²) in [6, 6.07) is 15.2. The van der Waals surface area contributed by atoms with Crippen LogP contribution in [-0.2, 0) is 10.0 Å². The van der Waals surface area contributed by atoms with Crippen LogP contribution in [0.2, 0.25) is 0 Å². The van der Waals surface area contributed by atoms with E-state index in [9.17, 15) is 18.0 Å². The Hall–Kier alpha value is -3.72. The number of anilines is 2. The van der Waals surface area contributed by atoms with Crippen LogP contribution >= 0.6 is 0 Å². The fourth-order valence-electron chi connectivity index (χ4n) is 2.53. The molecule has 8 nitrogen and oxygen atoms in total. The van der Waals surface area contributed by atoms with Gasteiger partial charge in [0.1, 0.15) is 0 Å². The molecule has 9 heteroatoms. The number of pyridine rings is 1. The van der Waals surface area contributed by atoms with Crippen molar-refractivity contribution in [3.05, 3.63) is 84.2 Å². The molecule has 0 bridgehead atoms. The molecule has 0 aliphatic carbocycles. The molecule has 148 valence electrons. The zero-order valence-corrected chi connectivity index (χ0v) is 16.2. The van der Waals surface area contributed by atoms with Gasteiger partial charge in [0.15, 0.2) is 0 Å². The number of hydrogen-bond acceptors (Lipinski definition) is 5. The van der Waals surface area contributed by atoms with E-state index in [1.807, 2.05) is 0 Å². The lowest BCUT2D eigenvalue weighted by atomic mass is 10.1. The highest BCUT2D eigenvalue weighted by molar-refractivity contribution is 7.92. The lowest BCUT2D eigenvalue weighted by Gasteiger charge is -2.10. The maximum Gasteiger partial charge on any atom is 0.261 e. The molecular formula is C20H18N4O4S. The average Bonchev–Trinajstić information content (AvgIpc) is 2.74. The zero-order chi connectivity index (χ0) is 20.9. The number of nitrogens with one attached hydrogen (secondary N) is 3. The van der Waals surface area contributed by atoms with E-state index in [0.29, 0.717) is 16.9 Å². The van der Waals surface area contributed by atoms with Gasteiger partial charge >= 0.3 is 0 Å². The first-order valence-corrected chi connectivity index (χ1v) is 10.0. The van der Waals surface area contributed by atoms with Gasteiger partial charge in [-0.05, 0) is 48.5 Å². The number of benzene rings is 2. The fraction of sp³-hybridized carbons (Fsp3) is 0.0500. The Labute approximate surface area is 168 Å². The van der Waals surface area contributed by atoms with E-state index in [4.69, 9.17) is 0 Å². The average molecular weight is 410 g/mol. The van der Waals surface area contributed by atoms with Crippen LogP contribution < -0.4 is 15.4 Å². The number of sulfonamides is 1. The third-order valence-electron chi connectivity index (χ3n) is 3.93. The van der Waals surface area contributed by atoms with E-state index in [1.165, 1.54) is 49.8 Å². The second kappa shape index (κ2) is 8.53. The third-order valence-corrected chi connectivity index (χ3v) is 5.31. The van der Waals surface area contributed by atoms with Gasteiger partial charge < -0.3 is 10.6 Å². The fourth-order valence-corrected chi connectivity index (χ4v) is 3.62. The molecule has 0 fully saturated rings. The quantitative estimate of drug-likeness (QED) is 0.577. The van der Waals surface area contributed by atoms with Crippen molar-refractivity contribution in [1.82, 2.24) is 10.3 Å². The summed E-state index contributed by atoms with van der Waals surface area (Å²) in [5.41, 5.74) is 1.28. The number of carbonyl (C=O) groups excluding carboxylic acids is 2. The Balaban J connectivity index is 1.80. The summed E-state index contributed by atoms with van der Waals surface area (Å²) >= 11 is 0. The first-order valence-electron chi connectivity index (χ1n) is 8.55. The zero-order valence-electron chi connectivity index (χ0n) is 15.4. The minimum atomic E-state index is -3.89. The molecule has 0 aliphatic rings. The molecule has 1 aromatic heterocycles. The van der Waals surface area contributed by atoms with Crippen molar-refractivity contribution in [3.8, 4) is 0 Å². The molecule has 0 aliphatic heterocycles. The molecule has 0 spiro atoms. The molecule has 29 heavy (non-hydrogen) atoms. The molecule has 3 rings (SSSR count). The highest BCUT2D eigenvalue weighted by Crippen LogP contribution is 2.18. The van der Waals surface area contributed by atoms with Gasteiger partial charge in [-0.25, -0.2) is 8.42 Å². The van der Waals surface area contributed by atoms with Crippen molar-refractivity contribution in [2.75, 3.05) is 17.1 Å². The first kappa shape index (κ1) is 20.0. The van der Waals surface area contributed by atoms with Crippen LogP contribution in [0, 0.1) is 0 Å². The molecule has 2 amide bonds. The topological polar surface area (TPSA) is 117 Å². The Morgan fingerprint density at radius 2 is 1.55 bits per heavy atom. The van der Waals surface area contributed by atoms with Crippen molar-refractivity contribution in [3.63, 3.8) is 0 Å². The third kappa shape index (κ3) is 4.96. The normalized spacial score (nSPS) is 10.8. The summed E-state index contributed by atoms with van der Waals surface area (Å²) < 4.78 is 27.6. The van der Waals surface area contributed by atoms with Gasteiger partial charge in [-0.15, -0.1) is 0 Å².